The van der Waals surface area contributed by atoms with Gasteiger partial charge in [0.15, 0.2) is 11.6 Å². The summed E-state index contributed by atoms with van der Waals surface area (Å²) in [6.07, 6.45) is -2.05. The largest absolute Gasteiger partial charge is 0.487 e. The minimum atomic E-state index is -1.03. The second kappa shape index (κ2) is 9.83. The molecule has 0 spiro atoms. The molecule has 0 aromatic heterocycles. The molecule has 1 aliphatic carbocycles. The van der Waals surface area contributed by atoms with E-state index in [1.54, 1.807) is 20.8 Å². The molecule has 174 valence electrons. The van der Waals surface area contributed by atoms with Gasteiger partial charge < -0.3 is 19.9 Å². The average Bonchev–Trinajstić information content (AvgIpc) is 2.98. The third-order valence-corrected chi connectivity index (χ3v) is 5.29. The molecule has 0 bridgehead atoms. The minimum Gasteiger partial charge on any atom is -0.487 e. The van der Waals surface area contributed by atoms with Crippen LogP contribution in [0.4, 0.5) is 13.6 Å². The summed E-state index contributed by atoms with van der Waals surface area (Å²) in [5.74, 6) is -1.90. The molecule has 0 saturated heterocycles. The molecule has 0 radical (unpaired) electrons. The molecule has 1 aliphatic rings. The molecule has 1 fully saturated rings. The number of alkyl carbamates (subject to hydrolysis) is 1. The van der Waals surface area contributed by atoms with Gasteiger partial charge in [0, 0.05) is 19.0 Å². The average molecular weight is 449 g/mol. The number of amides is 1. The smallest absolute Gasteiger partial charge is 0.407 e. The van der Waals surface area contributed by atoms with Crippen LogP contribution in [0.15, 0.2) is 48.5 Å². The van der Waals surface area contributed by atoms with Crippen molar-refractivity contribution in [2.45, 2.75) is 63.6 Å². The normalized spacial score (nSPS) is 23.2. The van der Waals surface area contributed by atoms with Crippen molar-refractivity contribution in [2.75, 3.05) is 7.05 Å². The molecule has 1 saturated carbocycles. The van der Waals surface area contributed by atoms with E-state index in [2.05, 4.69) is 5.32 Å². The molecular formula is C24H30F2N2O4. The fourth-order valence-corrected chi connectivity index (χ4v) is 3.98. The monoisotopic (exact) mass is 448 g/mol. The molecule has 8 heteroatoms. The summed E-state index contributed by atoms with van der Waals surface area (Å²) in [6, 6.07) is 12.0. The topological polar surface area (TPSA) is 71.0 Å². The lowest BCUT2D eigenvalue weighted by atomic mass is 10.1. The Hall–Kier alpha value is -2.71. The van der Waals surface area contributed by atoms with Gasteiger partial charge in [0.2, 0.25) is 0 Å². The van der Waals surface area contributed by atoms with Gasteiger partial charge >= 0.3 is 6.09 Å². The number of ether oxygens (including phenoxy) is 2. The number of nitrogens with one attached hydrogen (secondary N) is 1. The molecule has 2 N–H and O–H groups in total. The van der Waals surface area contributed by atoms with Crippen LogP contribution >= 0.6 is 0 Å². The molecule has 32 heavy (non-hydrogen) atoms. The van der Waals surface area contributed by atoms with Crippen LogP contribution in [0.3, 0.4) is 0 Å². The van der Waals surface area contributed by atoms with E-state index in [0.717, 1.165) is 17.7 Å². The first kappa shape index (κ1) is 23.9. The number of carbonyl (C=O) groups excluding carboxylic acids is 1. The van der Waals surface area contributed by atoms with Crippen molar-refractivity contribution in [2.24, 2.45) is 0 Å². The SMILES string of the molecule is CN(Cc1ccccc1)[C@@H]1[C@@H](O)[C@H](Oc2ccc(F)c(F)c2)C[C@H]1NC(=O)OC(C)(C)C. The highest BCUT2D eigenvalue weighted by molar-refractivity contribution is 5.68. The van der Waals surface area contributed by atoms with Crippen molar-refractivity contribution in [3.05, 3.63) is 65.7 Å². The number of halogens is 2. The number of hydrogen-bond acceptors (Lipinski definition) is 5. The third-order valence-electron chi connectivity index (χ3n) is 5.29. The van der Waals surface area contributed by atoms with Gasteiger partial charge in [-0.25, -0.2) is 13.6 Å². The maximum absolute atomic E-state index is 13.6. The first-order valence-electron chi connectivity index (χ1n) is 10.6. The lowest BCUT2D eigenvalue weighted by Gasteiger charge is -2.32. The third kappa shape index (κ3) is 6.17. The Bertz CT molecular complexity index is 920. The van der Waals surface area contributed by atoms with Crippen LogP contribution in [0.25, 0.3) is 0 Å². The van der Waals surface area contributed by atoms with E-state index in [0.29, 0.717) is 6.54 Å². The van der Waals surface area contributed by atoms with Gasteiger partial charge in [-0.15, -0.1) is 0 Å². The molecule has 0 aliphatic heterocycles. The summed E-state index contributed by atoms with van der Waals surface area (Å²) in [5, 5.41) is 13.9. The fraction of sp³-hybridized carbons (Fsp3) is 0.458. The van der Waals surface area contributed by atoms with E-state index in [-0.39, 0.29) is 12.2 Å². The molecule has 3 rings (SSSR count). The van der Waals surface area contributed by atoms with Crippen LogP contribution < -0.4 is 10.1 Å². The molecule has 4 atom stereocenters. The van der Waals surface area contributed by atoms with Gasteiger partial charge in [0.1, 0.15) is 23.6 Å². The number of rotatable bonds is 6. The fourth-order valence-electron chi connectivity index (χ4n) is 3.98. The summed E-state index contributed by atoms with van der Waals surface area (Å²) in [4.78, 5) is 14.4. The van der Waals surface area contributed by atoms with E-state index < -0.39 is 47.6 Å². The van der Waals surface area contributed by atoms with Gasteiger partial charge in [-0.3, -0.25) is 4.90 Å². The maximum atomic E-state index is 13.6. The van der Waals surface area contributed by atoms with E-state index in [9.17, 15) is 18.7 Å². The van der Waals surface area contributed by atoms with Crippen molar-refractivity contribution < 1.29 is 28.2 Å². The Morgan fingerprint density at radius 1 is 1.16 bits per heavy atom. The summed E-state index contributed by atoms with van der Waals surface area (Å²) < 4.78 is 38.0. The molecular weight excluding hydrogens is 418 g/mol. The first-order chi connectivity index (χ1) is 15.0. The predicted octanol–water partition coefficient (Wildman–Crippen LogP) is 3.87. The zero-order valence-electron chi connectivity index (χ0n) is 18.7. The Kier molecular flexibility index (Phi) is 7.36. The highest BCUT2D eigenvalue weighted by Crippen LogP contribution is 2.30. The minimum absolute atomic E-state index is 0.107. The number of carbonyl (C=O) groups is 1. The van der Waals surface area contributed by atoms with Gasteiger partial charge in [-0.05, 0) is 45.5 Å². The van der Waals surface area contributed by atoms with Gasteiger partial charge in [0.25, 0.3) is 0 Å². The molecule has 2 aromatic rings. The Balaban J connectivity index is 1.78. The van der Waals surface area contributed by atoms with Crippen molar-refractivity contribution in [1.82, 2.24) is 10.2 Å². The van der Waals surface area contributed by atoms with Gasteiger partial charge in [-0.2, -0.15) is 0 Å². The van der Waals surface area contributed by atoms with Crippen LogP contribution in [-0.2, 0) is 11.3 Å². The molecule has 6 nitrogen and oxygen atoms in total. The second-order valence-electron chi connectivity index (χ2n) is 9.10. The predicted molar refractivity (Wildman–Crippen MR) is 116 cm³/mol. The standard InChI is InChI=1S/C24H30F2N2O4/c1-24(2,3)32-23(30)27-19-13-20(31-16-10-11-17(25)18(26)12-16)22(29)21(19)28(4)14-15-8-6-5-7-9-15/h5-12,19-22,29H,13-14H2,1-4H3,(H,27,30)/t19-,20-,21+,22+/m1/s1. The number of nitrogens with zero attached hydrogens (tertiary/aromatic N) is 1. The zero-order chi connectivity index (χ0) is 23.5. The number of hydrogen-bond donors (Lipinski definition) is 2. The lowest BCUT2D eigenvalue weighted by molar-refractivity contribution is 0.0107. The van der Waals surface area contributed by atoms with Crippen LogP contribution in [0.5, 0.6) is 5.75 Å². The molecule has 2 aromatic carbocycles. The van der Waals surface area contributed by atoms with Crippen LogP contribution in [0.2, 0.25) is 0 Å². The Morgan fingerprint density at radius 2 is 1.84 bits per heavy atom. The van der Waals surface area contributed by atoms with Crippen LogP contribution in [0.1, 0.15) is 32.8 Å². The summed E-state index contributed by atoms with van der Waals surface area (Å²) in [7, 11) is 1.85. The highest BCUT2D eigenvalue weighted by Gasteiger charge is 2.47. The first-order valence-corrected chi connectivity index (χ1v) is 10.6. The van der Waals surface area contributed by atoms with E-state index in [1.165, 1.54) is 6.07 Å². The number of aliphatic hydroxyl groups is 1. The Labute approximate surface area is 187 Å². The van der Waals surface area contributed by atoms with E-state index in [1.807, 2.05) is 42.3 Å². The zero-order valence-corrected chi connectivity index (χ0v) is 18.7. The molecule has 1 amide bonds. The highest BCUT2D eigenvalue weighted by atomic mass is 19.2. The summed E-state index contributed by atoms with van der Waals surface area (Å²) in [6.45, 7) is 5.84. The second-order valence-corrected chi connectivity index (χ2v) is 9.10. The number of likely N-dealkylation sites (N-methyl/N-ethyl adjacent to an activating group) is 1. The maximum Gasteiger partial charge on any atom is 0.407 e. The van der Waals surface area contributed by atoms with E-state index >= 15 is 0 Å². The van der Waals surface area contributed by atoms with Crippen molar-refractivity contribution >= 4 is 6.09 Å². The Morgan fingerprint density at radius 3 is 2.47 bits per heavy atom. The molecule has 0 unspecified atom stereocenters. The van der Waals surface area contributed by atoms with Crippen LogP contribution in [-0.4, -0.2) is 53.0 Å². The van der Waals surface area contributed by atoms with Crippen molar-refractivity contribution in [3.63, 3.8) is 0 Å². The number of benzene rings is 2. The van der Waals surface area contributed by atoms with Crippen LogP contribution in [0, 0.1) is 11.6 Å². The molecule has 0 heterocycles. The lowest BCUT2D eigenvalue weighted by Crippen LogP contribution is -2.52. The van der Waals surface area contributed by atoms with Crippen molar-refractivity contribution in [3.8, 4) is 5.75 Å². The number of aliphatic hydroxyl groups excluding tert-OH is 1. The summed E-state index contributed by atoms with van der Waals surface area (Å²) >= 11 is 0. The van der Waals surface area contributed by atoms with E-state index in [4.69, 9.17) is 9.47 Å². The van der Waals surface area contributed by atoms with Gasteiger partial charge in [0.05, 0.1) is 12.1 Å². The quantitative estimate of drug-likeness (QED) is 0.702. The summed E-state index contributed by atoms with van der Waals surface area (Å²) in [5.41, 5.74) is 0.372. The van der Waals surface area contributed by atoms with Crippen molar-refractivity contribution in [1.29, 1.82) is 0 Å². The van der Waals surface area contributed by atoms with Gasteiger partial charge in [-0.1, -0.05) is 30.3 Å².